The predicted octanol–water partition coefficient (Wildman–Crippen LogP) is 3.59. The van der Waals surface area contributed by atoms with Crippen molar-refractivity contribution >= 4 is 23.4 Å². The zero-order valence-corrected chi connectivity index (χ0v) is 18.2. The summed E-state index contributed by atoms with van der Waals surface area (Å²) in [6.07, 6.45) is 4.74. The van der Waals surface area contributed by atoms with Crippen molar-refractivity contribution in [1.82, 2.24) is 9.80 Å². The molecule has 156 valence electrons. The minimum atomic E-state index is -0.890. The molecule has 1 heterocycles. The van der Waals surface area contributed by atoms with Crippen molar-refractivity contribution in [3.05, 3.63) is 34.9 Å². The Hall–Kier alpha value is -1.59. The topological polar surface area (TPSA) is 66.6 Å². The molecular formula is C22H34ClN3O2. The summed E-state index contributed by atoms with van der Waals surface area (Å²) in [5.74, 6) is -0.367. The molecule has 28 heavy (non-hydrogen) atoms. The van der Waals surface area contributed by atoms with Gasteiger partial charge in [-0.1, -0.05) is 36.2 Å². The van der Waals surface area contributed by atoms with E-state index in [1.54, 1.807) is 17.9 Å². The Kier molecular flexibility index (Phi) is 8.32. The molecule has 2 rings (SSSR count). The average molecular weight is 408 g/mol. The van der Waals surface area contributed by atoms with Crippen molar-refractivity contribution in [3.8, 4) is 0 Å². The number of likely N-dealkylation sites (tertiary alicyclic amines) is 1. The SMILES string of the molecule is CC(=O)N(CC[C@@](CCN1CCCCC1)(C(N)=O)c1ccccc1Cl)C(C)C. The number of hydrogen-bond acceptors (Lipinski definition) is 3. The highest BCUT2D eigenvalue weighted by Gasteiger charge is 2.40. The predicted molar refractivity (Wildman–Crippen MR) is 114 cm³/mol. The molecular weight excluding hydrogens is 374 g/mol. The van der Waals surface area contributed by atoms with Crippen LogP contribution in [0.1, 0.15) is 58.4 Å². The molecule has 0 unspecified atom stereocenters. The molecule has 2 N–H and O–H groups in total. The third kappa shape index (κ3) is 5.48. The summed E-state index contributed by atoms with van der Waals surface area (Å²) in [5, 5.41) is 0.555. The Morgan fingerprint density at radius 1 is 1.18 bits per heavy atom. The quantitative estimate of drug-likeness (QED) is 0.680. The van der Waals surface area contributed by atoms with Crippen molar-refractivity contribution in [3.63, 3.8) is 0 Å². The maximum Gasteiger partial charge on any atom is 0.228 e. The Labute approximate surface area is 174 Å². The van der Waals surface area contributed by atoms with Crippen LogP contribution >= 0.6 is 11.6 Å². The van der Waals surface area contributed by atoms with Gasteiger partial charge in [0.2, 0.25) is 11.8 Å². The summed E-state index contributed by atoms with van der Waals surface area (Å²) in [5.41, 5.74) is 5.89. The van der Waals surface area contributed by atoms with Crippen molar-refractivity contribution in [1.29, 1.82) is 0 Å². The minimum Gasteiger partial charge on any atom is -0.369 e. The van der Waals surface area contributed by atoms with Crippen molar-refractivity contribution < 1.29 is 9.59 Å². The standard InChI is InChI=1S/C22H34ClN3O2/c1-17(2)26(18(3)27)16-12-22(21(24)28,19-9-5-6-10-20(19)23)11-15-25-13-7-4-8-14-25/h5-6,9-10,17H,4,7-8,11-16H2,1-3H3,(H2,24,28)/t22-/m1/s1. The first kappa shape index (κ1) is 22.7. The smallest absolute Gasteiger partial charge is 0.228 e. The molecule has 0 spiro atoms. The van der Waals surface area contributed by atoms with Crippen LogP contribution in [-0.4, -0.2) is 53.8 Å². The Balaban J connectivity index is 2.32. The monoisotopic (exact) mass is 407 g/mol. The number of rotatable bonds is 9. The lowest BCUT2D eigenvalue weighted by atomic mass is 9.73. The molecule has 1 aromatic carbocycles. The lowest BCUT2D eigenvalue weighted by Crippen LogP contribution is -2.48. The van der Waals surface area contributed by atoms with Crippen molar-refractivity contribution in [2.45, 2.75) is 64.3 Å². The normalized spacial score (nSPS) is 17.3. The number of piperidine rings is 1. The van der Waals surface area contributed by atoms with Gasteiger partial charge in [0.1, 0.15) is 0 Å². The number of amides is 2. The summed E-state index contributed by atoms with van der Waals surface area (Å²) >= 11 is 6.51. The number of halogens is 1. The summed E-state index contributed by atoms with van der Waals surface area (Å²) in [6.45, 7) is 8.92. The van der Waals surface area contributed by atoms with E-state index in [2.05, 4.69) is 4.90 Å². The molecule has 0 radical (unpaired) electrons. The zero-order valence-electron chi connectivity index (χ0n) is 17.4. The number of carbonyl (C=O) groups excluding carboxylic acids is 2. The molecule has 0 bridgehead atoms. The summed E-state index contributed by atoms with van der Waals surface area (Å²) in [6, 6.07) is 7.53. The van der Waals surface area contributed by atoms with Crippen LogP contribution in [0.15, 0.2) is 24.3 Å². The highest BCUT2D eigenvalue weighted by molar-refractivity contribution is 6.31. The lowest BCUT2D eigenvalue weighted by Gasteiger charge is -2.37. The number of nitrogens with two attached hydrogens (primary N) is 1. The number of hydrogen-bond donors (Lipinski definition) is 1. The van der Waals surface area contributed by atoms with Gasteiger partial charge in [-0.15, -0.1) is 0 Å². The summed E-state index contributed by atoms with van der Waals surface area (Å²) < 4.78 is 0. The Morgan fingerprint density at radius 3 is 2.36 bits per heavy atom. The molecule has 6 heteroatoms. The van der Waals surface area contributed by atoms with E-state index in [1.807, 2.05) is 32.0 Å². The minimum absolute atomic E-state index is 0.00330. The van der Waals surface area contributed by atoms with E-state index in [9.17, 15) is 9.59 Å². The van der Waals surface area contributed by atoms with Gasteiger partial charge in [0.05, 0.1) is 5.41 Å². The molecule has 0 saturated carbocycles. The van der Waals surface area contributed by atoms with Gasteiger partial charge in [-0.3, -0.25) is 9.59 Å². The van der Waals surface area contributed by atoms with Crippen LogP contribution in [0.5, 0.6) is 0 Å². The largest absolute Gasteiger partial charge is 0.369 e. The van der Waals surface area contributed by atoms with Gasteiger partial charge in [-0.05, 0) is 70.8 Å². The molecule has 1 aliphatic rings. The maximum absolute atomic E-state index is 12.8. The van der Waals surface area contributed by atoms with Gasteiger partial charge in [0.25, 0.3) is 0 Å². The lowest BCUT2D eigenvalue weighted by molar-refractivity contribution is -0.132. The molecule has 1 atom stereocenters. The highest BCUT2D eigenvalue weighted by atomic mass is 35.5. The second-order valence-electron chi connectivity index (χ2n) is 8.13. The molecule has 0 aliphatic carbocycles. The summed E-state index contributed by atoms with van der Waals surface area (Å²) in [7, 11) is 0. The van der Waals surface area contributed by atoms with E-state index in [0.717, 1.165) is 25.2 Å². The molecule has 2 amide bonds. The van der Waals surface area contributed by atoms with E-state index in [1.165, 1.54) is 19.3 Å². The van der Waals surface area contributed by atoms with Crippen LogP contribution in [0, 0.1) is 0 Å². The number of primary amides is 1. The average Bonchev–Trinajstić information content (AvgIpc) is 2.65. The molecule has 1 fully saturated rings. The fraction of sp³-hybridized carbons (Fsp3) is 0.636. The second-order valence-corrected chi connectivity index (χ2v) is 8.54. The van der Waals surface area contributed by atoms with Gasteiger partial charge in [0.15, 0.2) is 0 Å². The fourth-order valence-corrected chi connectivity index (χ4v) is 4.56. The van der Waals surface area contributed by atoms with Gasteiger partial charge >= 0.3 is 0 Å². The van der Waals surface area contributed by atoms with Crippen LogP contribution in [0.4, 0.5) is 0 Å². The third-order valence-corrected chi connectivity index (χ3v) is 6.30. The molecule has 1 aliphatic heterocycles. The van der Waals surface area contributed by atoms with Gasteiger partial charge in [0, 0.05) is 24.5 Å². The number of benzene rings is 1. The highest BCUT2D eigenvalue weighted by Crippen LogP contribution is 2.37. The first-order valence-corrected chi connectivity index (χ1v) is 10.7. The zero-order chi connectivity index (χ0) is 20.7. The fourth-order valence-electron chi connectivity index (χ4n) is 4.25. The molecule has 1 aromatic rings. The Bertz CT molecular complexity index is 674. The van der Waals surface area contributed by atoms with Crippen LogP contribution in [0.3, 0.4) is 0 Å². The maximum atomic E-state index is 12.8. The first-order chi connectivity index (χ1) is 13.3. The second kappa shape index (κ2) is 10.3. The van der Waals surface area contributed by atoms with E-state index < -0.39 is 5.41 Å². The number of nitrogens with zero attached hydrogens (tertiary/aromatic N) is 2. The third-order valence-electron chi connectivity index (χ3n) is 5.97. The van der Waals surface area contributed by atoms with Gasteiger partial charge < -0.3 is 15.5 Å². The van der Waals surface area contributed by atoms with Crippen LogP contribution in [0.25, 0.3) is 0 Å². The van der Waals surface area contributed by atoms with Crippen molar-refractivity contribution in [2.75, 3.05) is 26.2 Å². The van der Waals surface area contributed by atoms with Gasteiger partial charge in [-0.25, -0.2) is 0 Å². The van der Waals surface area contributed by atoms with Crippen LogP contribution < -0.4 is 5.73 Å². The Morgan fingerprint density at radius 2 is 1.82 bits per heavy atom. The van der Waals surface area contributed by atoms with Crippen LogP contribution in [-0.2, 0) is 15.0 Å². The van der Waals surface area contributed by atoms with E-state index in [-0.39, 0.29) is 17.9 Å². The van der Waals surface area contributed by atoms with E-state index in [0.29, 0.717) is 24.4 Å². The van der Waals surface area contributed by atoms with Crippen LogP contribution in [0.2, 0.25) is 5.02 Å². The van der Waals surface area contributed by atoms with Crippen molar-refractivity contribution in [2.24, 2.45) is 5.73 Å². The van der Waals surface area contributed by atoms with E-state index >= 15 is 0 Å². The summed E-state index contributed by atoms with van der Waals surface area (Å²) in [4.78, 5) is 29.1. The molecule has 0 aromatic heterocycles. The first-order valence-electron chi connectivity index (χ1n) is 10.3. The molecule has 5 nitrogen and oxygen atoms in total. The van der Waals surface area contributed by atoms with E-state index in [4.69, 9.17) is 17.3 Å². The van der Waals surface area contributed by atoms with Gasteiger partial charge in [-0.2, -0.15) is 0 Å². The molecule has 1 saturated heterocycles. The number of carbonyl (C=O) groups is 2.